The van der Waals surface area contributed by atoms with E-state index in [0.29, 0.717) is 11.8 Å². The van der Waals surface area contributed by atoms with Gasteiger partial charge in [-0.1, -0.05) is 18.2 Å². The van der Waals surface area contributed by atoms with Crippen LogP contribution in [0.4, 0.5) is 11.5 Å². The van der Waals surface area contributed by atoms with Crippen LogP contribution in [0.2, 0.25) is 0 Å². The molecule has 1 unspecified atom stereocenters. The quantitative estimate of drug-likeness (QED) is 0.851. The highest BCUT2D eigenvalue weighted by atomic mass is 16.5. The van der Waals surface area contributed by atoms with Crippen molar-refractivity contribution in [3.63, 3.8) is 0 Å². The second-order valence-electron chi connectivity index (χ2n) is 6.67. The van der Waals surface area contributed by atoms with Crippen molar-refractivity contribution in [1.82, 2.24) is 9.97 Å². The van der Waals surface area contributed by atoms with Gasteiger partial charge in [0.1, 0.15) is 6.61 Å². The lowest BCUT2D eigenvalue weighted by molar-refractivity contribution is -0.118. The number of aliphatic hydroxyl groups is 1. The van der Waals surface area contributed by atoms with Gasteiger partial charge in [-0.05, 0) is 30.4 Å². The van der Waals surface area contributed by atoms with Gasteiger partial charge in [0.2, 0.25) is 11.8 Å². The van der Waals surface area contributed by atoms with E-state index < -0.39 is 0 Å². The van der Waals surface area contributed by atoms with Crippen LogP contribution >= 0.6 is 0 Å². The molecule has 1 fully saturated rings. The van der Waals surface area contributed by atoms with Gasteiger partial charge in [-0.3, -0.25) is 9.78 Å². The fourth-order valence-electron chi connectivity index (χ4n) is 3.87. The van der Waals surface area contributed by atoms with Crippen molar-refractivity contribution in [2.45, 2.75) is 18.8 Å². The molecule has 1 aromatic heterocycles. The van der Waals surface area contributed by atoms with Crippen molar-refractivity contribution in [3.05, 3.63) is 42.2 Å². The van der Waals surface area contributed by atoms with Crippen molar-refractivity contribution in [2.75, 3.05) is 36.5 Å². The predicted octanol–water partition coefficient (Wildman–Crippen LogP) is 1.80. The molecule has 1 amide bonds. The zero-order valence-electron chi connectivity index (χ0n) is 14.5. The summed E-state index contributed by atoms with van der Waals surface area (Å²) in [5.41, 5.74) is 2.07. The van der Waals surface area contributed by atoms with Crippen LogP contribution in [0.15, 0.2) is 36.7 Å². The SMILES string of the molecule is O=C1Nc2ccccc2C1C1CCN(c2cncc(OCCO)n2)CC1. The van der Waals surface area contributed by atoms with Gasteiger partial charge < -0.3 is 20.1 Å². The van der Waals surface area contributed by atoms with Crippen LogP contribution in [-0.4, -0.2) is 47.3 Å². The molecular formula is C19H22N4O3. The molecular weight excluding hydrogens is 332 g/mol. The van der Waals surface area contributed by atoms with E-state index in [2.05, 4.69) is 26.3 Å². The molecule has 0 aliphatic carbocycles. The Morgan fingerprint density at radius 3 is 2.85 bits per heavy atom. The maximum absolute atomic E-state index is 12.4. The smallest absolute Gasteiger partial charge is 0.234 e. The number of nitrogens with one attached hydrogen (secondary N) is 1. The molecule has 26 heavy (non-hydrogen) atoms. The number of rotatable bonds is 5. The first kappa shape index (κ1) is 16.8. The molecule has 2 N–H and O–H groups in total. The summed E-state index contributed by atoms with van der Waals surface area (Å²) in [6, 6.07) is 7.97. The van der Waals surface area contributed by atoms with E-state index in [1.807, 2.05) is 18.2 Å². The highest BCUT2D eigenvalue weighted by Gasteiger charge is 2.38. The Morgan fingerprint density at radius 1 is 1.23 bits per heavy atom. The van der Waals surface area contributed by atoms with Crippen LogP contribution in [0.3, 0.4) is 0 Å². The van der Waals surface area contributed by atoms with Gasteiger partial charge in [-0.15, -0.1) is 0 Å². The van der Waals surface area contributed by atoms with E-state index in [1.54, 1.807) is 12.4 Å². The number of amides is 1. The molecule has 1 saturated heterocycles. The average Bonchev–Trinajstić information content (AvgIpc) is 3.02. The molecule has 3 heterocycles. The Morgan fingerprint density at radius 2 is 2.04 bits per heavy atom. The van der Waals surface area contributed by atoms with Crippen molar-refractivity contribution >= 4 is 17.4 Å². The van der Waals surface area contributed by atoms with E-state index in [-0.39, 0.29) is 25.0 Å². The van der Waals surface area contributed by atoms with Crippen LogP contribution < -0.4 is 15.0 Å². The number of carbonyl (C=O) groups excluding carboxylic acids is 1. The molecule has 136 valence electrons. The highest BCUT2D eigenvalue weighted by molar-refractivity contribution is 6.03. The number of hydrogen-bond acceptors (Lipinski definition) is 6. The summed E-state index contributed by atoms with van der Waals surface area (Å²) >= 11 is 0. The Bertz CT molecular complexity index is 790. The minimum absolute atomic E-state index is 0.0533. The lowest BCUT2D eigenvalue weighted by Crippen LogP contribution is -2.37. The first-order valence-corrected chi connectivity index (χ1v) is 8.96. The van der Waals surface area contributed by atoms with Crippen molar-refractivity contribution < 1.29 is 14.6 Å². The normalized spacial score (nSPS) is 20.0. The fraction of sp³-hybridized carbons (Fsp3) is 0.421. The average molecular weight is 354 g/mol. The van der Waals surface area contributed by atoms with Gasteiger partial charge in [0.05, 0.1) is 24.9 Å². The topological polar surface area (TPSA) is 87.6 Å². The van der Waals surface area contributed by atoms with Crippen LogP contribution in [0.5, 0.6) is 5.88 Å². The van der Waals surface area contributed by atoms with Gasteiger partial charge in [0, 0.05) is 18.8 Å². The maximum atomic E-state index is 12.4. The third-order valence-electron chi connectivity index (χ3n) is 5.11. The number of para-hydroxylation sites is 1. The second-order valence-corrected chi connectivity index (χ2v) is 6.67. The number of carbonyl (C=O) groups is 1. The fourth-order valence-corrected chi connectivity index (χ4v) is 3.87. The summed E-state index contributed by atoms with van der Waals surface area (Å²) < 4.78 is 5.34. The summed E-state index contributed by atoms with van der Waals surface area (Å²) in [6.07, 6.45) is 5.13. The Hall–Kier alpha value is -2.67. The first-order valence-electron chi connectivity index (χ1n) is 8.96. The zero-order valence-corrected chi connectivity index (χ0v) is 14.5. The molecule has 0 saturated carbocycles. The molecule has 4 rings (SSSR count). The summed E-state index contributed by atoms with van der Waals surface area (Å²) in [6.45, 7) is 1.81. The third kappa shape index (κ3) is 3.22. The van der Waals surface area contributed by atoms with E-state index in [0.717, 1.165) is 43.0 Å². The number of nitrogens with zero attached hydrogens (tertiary/aromatic N) is 3. The minimum Gasteiger partial charge on any atom is -0.474 e. The molecule has 2 aromatic rings. The Labute approximate surface area is 152 Å². The summed E-state index contributed by atoms with van der Waals surface area (Å²) in [4.78, 5) is 23.3. The third-order valence-corrected chi connectivity index (χ3v) is 5.11. The van der Waals surface area contributed by atoms with E-state index in [1.165, 1.54) is 0 Å². The van der Waals surface area contributed by atoms with Gasteiger partial charge in [-0.25, -0.2) is 0 Å². The summed E-state index contributed by atoms with van der Waals surface area (Å²) in [5.74, 6) is 1.58. The number of benzene rings is 1. The molecule has 7 heteroatoms. The van der Waals surface area contributed by atoms with Crippen LogP contribution in [0.25, 0.3) is 0 Å². The molecule has 0 radical (unpaired) electrons. The van der Waals surface area contributed by atoms with Crippen molar-refractivity contribution in [3.8, 4) is 5.88 Å². The largest absolute Gasteiger partial charge is 0.474 e. The number of ether oxygens (including phenoxy) is 1. The summed E-state index contributed by atoms with van der Waals surface area (Å²) in [7, 11) is 0. The van der Waals surface area contributed by atoms with Gasteiger partial charge in [0.15, 0.2) is 5.82 Å². The number of aromatic nitrogens is 2. The monoisotopic (exact) mass is 354 g/mol. The lowest BCUT2D eigenvalue weighted by atomic mass is 9.81. The lowest BCUT2D eigenvalue weighted by Gasteiger charge is -2.34. The number of anilines is 2. The van der Waals surface area contributed by atoms with Gasteiger partial charge >= 0.3 is 0 Å². The van der Waals surface area contributed by atoms with E-state index >= 15 is 0 Å². The molecule has 1 atom stereocenters. The number of fused-ring (bicyclic) bond motifs is 1. The maximum Gasteiger partial charge on any atom is 0.234 e. The molecule has 7 nitrogen and oxygen atoms in total. The van der Waals surface area contributed by atoms with Crippen LogP contribution in [-0.2, 0) is 4.79 Å². The van der Waals surface area contributed by atoms with E-state index in [4.69, 9.17) is 9.84 Å². The van der Waals surface area contributed by atoms with E-state index in [9.17, 15) is 4.79 Å². The number of aliphatic hydroxyl groups excluding tert-OH is 1. The van der Waals surface area contributed by atoms with Crippen LogP contribution in [0.1, 0.15) is 24.3 Å². The van der Waals surface area contributed by atoms with Crippen molar-refractivity contribution in [1.29, 1.82) is 0 Å². The van der Waals surface area contributed by atoms with Crippen molar-refractivity contribution in [2.24, 2.45) is 5.92 Å². The molecule has 0 bridgehead atoms. The standard InChI is InChI=1S/C19H22N4O3/c24-9-10-26-17-12-20-11-16(22-17)23-7-5-13(6-8-23)18-14-3-1-2-4-15(14)21-19(18)25/h1-4,11-13,18,24H,5-10H2,(H,21,25). The molecule has 2 aliphatic heterocycles. The van der Waals surface area contributed by atoms with Gasteiger partial charge in [0.25, 0.3) is 0 Å². The Kier molecular flexibility index (Phi) is 4.71. The van der Waals surface area contributed by atoms with Crippen LogP contribution in [0, 0.1) is 5.92 Å². The highest BCUT2D eigenvalue weighted by Crippen LogP contribution is 2.41. The molecule has 2 aliphatic rings. The zero-order chi connectivity index (χ0) is 17.9. The summed E-state index contributed by atoms with van der Waals surface area (Å²) in [5, 5.41) is 11.9. The Balaban J connectivity index is 1.43. The molecule has 0 spiro atoms. The van der Waals surface area contributed by atoms with Gasteiger partial charge in [-0.2, -0.15) is 4.98 Å². The number of piperidine rings is 1. The predicted molar refractivity (Wildman–Crippen MR) is 97.4 cm³/mol. The molecule has 1 aromatic carbocycles. The first-order chi connectivity index (χ1) is 12.8. The number of hydrogen-bond donors (Lipinski definition) is 2. The minimum atomic E-state index is -0.0568. The second kappa shape index (κ2) is 7.29.